The van der Waals surface area contributed by atoms with Crippen molar-refractivity contribution in [2.24, 2.45) is 5.10 Å². The number of fused-ring (bicyclic) bond motifs is 1. The van der Waals surface area contributed by atoms with Crippen molar-refractivity contribution in [2.45, 2.75) is 33.1 Å². The first-order valence-corrected chi connectivity index (χ1v) is 10.6. The van der Waals surface area contributed by atoms with Gasteiger partial charge in [-0.1, -0.05) is 6.07 Å². The van der Waals surface area contributed by atoms with E-state index in [4.69, 9.17) is 17.3 Å². The number of H-pyrrole nitrogens is 1. The van der Waals surface area contributed by atoms with Crippen LogP contribution >= 0.6 is 12.2 Å². The Morgan fingerprint density at radius 1 is 1.16 bits per heavy atom. The number of hydrazone groups is 1. The molecule has 1 heterocycles. The second-order valence-electron chi connectivity index (χ2n) is 7.70. The van der Waals surface area contributed by atoms with Crippen LogP contribution in [0.2, 0.25) is 0 Å². The van der Waals surface area contributed by atoms with Crippen molar-refractivity contribution >= 4 is 34.7 Å². The summed E-state index contributed by atoms with van der Waals surface area (Å²) in [6.07, 6.45) is 3.28. The van der Waals surface area contributed by atoms with Gasteiger partial charge in [0.05, 0.1) is 22.5 Å². The van der Waals surface area contributed by atoms with E-state index < -0.39 is 5.97 Å². The Morgan fingerprint density at radius 3 is 2.59 bits per heavy atom. The van der Waals surface area contributed by atoms with E-state index in [1.165, 1.54) is 23.3 Å². The zero-order chi connectivity index (χ0) is 22.8. The van der Waals surface area contributed by atoms with Crippen molar-refractivity contribution in [3.8, 4) is 5.69 Å². The highest BCUT2D eigenvalue weighted by Gasteiger charge is 2.17. The summed E-state index contributed by atoms with van der Waals surface area (Å²) in [4.78, 5) is 24.0. The van der Waals surface area contributed by atoms with Gasteiger partial charge in [-0.25, -0.2) is 9.48 Å². The number of aromatic amines is 1. The Labute approximate surface area is 190 Å². The zero-order valence-electron chi connectivity index (χ0n) is 17.7. The van der Waals surface area contributed by atoms with Crippen LogP contribution in [0.15, 0.2) is 52.4 Å². The lowest BCUT2D eigenvalue weighted by Crippen LogP contribution is -2.26. The van der Waals surface area contributed by atoms with E-state index in [0.717, 1.165) is 24.9 Å². The van der Waals surface area contributed by atoms with Crippen LogP contribution in [-0.4, -0.2) is 31.7 Å². The van der Waals surface area contributed by atoms with E-state index >= 15 is 0 Å². The summed E-state index contributed by atoms with van der Waals surface area (Å²) in [7, 11) is 0. The Morgan fingerprint density at radius 2 is 1.88 bits per heavy atom. The van der Waals surface area contributed by atoms with Crippen molar-refractivity contribution < 1.29 is 9.90 Å². The van der Waals surface area contributed by atoms with Crippen LogP contribution in [-0.2, 0) is 12.8 Å². The topological polar surface area (TPSA) is 112 Å². The maximum Gasteiger partial charge on any atom is 0.335 e. The smallest absolute Gasteiger partial charge is 0.335 e. The molecule has 32 heavy (non-hydrogen) atoms. The van der Waals surface area contributed by atoms with Crippen LogP contribution in [0.4, 0.5) is 5.69 Å². The first kappa shape index (κ1) is 21.5. The molecule has 8 nitrogen and oxygen atoms in total. The fourth-order valence-corrected chi connectivity index (χ4v) is 4.06. The molecule has 0 unspecified atom stereocenters. The third kappa shape index (κ3) is 4.33. The van der Waals surface area contributed by atoms with Gasteiger partial charge in [-0.15, -0.1) is 0 Å². The predicted molar refractivity (Wildman–Crippen MR) is 128 cm³/mol. The van der Waals surface area contributed by atoms with Gasteiger partial charge in [0.25, 0.3) is 5.56 Å². The van der Waals surface area contributed by atoms with Gasteiger partial charge >= 0.3 is 5.97 Å². The average Bonchev–Trinajstić information content (AvgIpc) is 3.35. The van der Waals surface area contributed by atoms with Crippen LogP contribution in [0.1, 0.15) is 46.1 Å². The number of nitrogens with one attached hydrogen (secondary N) is 3. The van der Waals surface area contributed by atoms with Crippen LogP contribution in [0, 0.1) is 6.92 Å². The average molecular weight is 450 g/mol. The maximum atomic E-state index is 13.1. The molecule has 4 N–H and O–H groups in total. The highest BCUT2D eigenvalue weighted by Crippen LogP contribution is 2.24. The molecular weight excluding hydrogens is 426 g/mol. The molecule has 0 fully saturated rings. The van der Waals surface area contributed by atoms with Crippen LogP contribution in [0.5, 0.6) is 0 Å². The lowest BCUT2D eigenvalue weighted by molar-refractivity contribution is 0.0697. The van der Waals surface area contributed by atoms with E-state index in [0.29, 0.717) is 22.7 Å². The molecule has 0 atom stereocenters. The number of carbonyl (C=O) groups is 1. The van der Waals surface area contributed by atoms with Gasteiger partial charge in [-0.3, -0.25) is 15.3 Å². The normalized spacial score (nSPS) is 13.0. The van der Waals surface area contributed by atoms with Gasteiger partial charge in [0.2, 0.25) is 0 Å². The lowest BCUT2D eigenvalue weighted by Gasteiger charge is -2.08. The third-order valence-electron chi connectivity index (χ3n) is 5.49. The largest absolute Gasteiger partial charge is 0.478 e. The molecule has 4 rings (SSSR count). The molecule has 0 bridgehead atoms. The van der Waals surface area contributed by atoms with Crippen molar-refractivity contribution in [1.82, 2.24) is 15.2 Å². The van der Waals surface area contributed by atoms with E-state index in [9.17, 15) is 9.59 Å². The molecule has 0 radical (unpaired) electrons. The van der Waals surface area contributed by atoms with Gasteiger partial charge < -0.3 is 10.4 Å². The van der Waals surface area contributed by atoms with E-state index in [1.54, 1.807) is 23.7 Å². The molecule has 1 aromatic heterocycles. The number of anilines is 1. The zero-order valence-corrected chi connectivity index (χ0v) is 18.5. The number of nitrogens with zero attached hydrogens (tertiary/aromatic N) is 2. The number of aromatic nitrogens is 2. The van der Waals surface area contributed by atoms with Crippen molar-refractivity contribution in [2.75, 3.05) is 5.32 Å². The third-order valence-corrected chi connectivity index (χ3v) is 5.68. The molecule has 0 amide bonds. The van der Waals surface area contributed by atoms with Crippen LogP contribution < -0.4 is 16.3 Å². The number of benzene rings is 2. The molecule has 0 saturated carbocycles. The van der Waals surface area contributed by atoms with Crippen molar-refractivity contribution in [1.29, 1.82) is 0 Å². The SMILES string of the molecule is C/C(=N\NC(=S)Nc1ccc(C(=O)O)cc1)c1c(C)[nH]n(-c2ccc3c(c2)CCC3)c1=O. The molecule has 1 aliphatic rings. The van der Waals surface area contributed by atoms with E-state index in [2.05, 4.69) is 33.1 Å². The summed E-state index contributed by atoms with van der Waals surface area (Å²) in [5.41, 5.74) is 8.51. The Balaban J connectivity index is 1.49. The van der Waals surface area contributed by atoms with Crippen molar-refractivity contribution in [3.05, 3.63) is 80.8 Å². The summed E-state index contributed by atoms with van der Waals surface area (Å²) in [6.45, 7) is 3.57. The Kier molecular flexibility index (Phi) is 5.91. The number of rotatable bonds is 5. The minimum atomic E-state index is -0.995. The van der Waals surface area contributed by atoms with Crippen molar-refractivity contribution in [3.63, 3.8) is 0 Å². The summed E-state index contributed by atoms with van der Waals surface area (Å²) in [6, 6.07) is 12.3. The van der Waals surface area contributed by atoms with Crippen LogP contribution in [0.25, 0.3) is 5.69 Å². The molecule has 0 saturated heterocycles. The Hall–Kier alpha value is -3.72. The fraction of sp³-hybridized carbons (Fsp3) is 0.217. The van der Waals surface area contributed by atoms with Gasteiger partial charge in [-0.2, -0.15) is 5.10 Å². The quantitative estimate of drug-likeness (QED) is 0.270. The predicted octanol–water partition coefficient (Wildman–Crippen LogP) is 3.37. The first-order valence-electron chi connectivity index (χ1n) is 10.2. The van der Waals surface area contributed by atoms with Gasteiger partial charge in [-0.05, 0) is 92.9 Å². The van der Waals surface area contributed by atoms with Gasteiger partial charge in [0.15, 0.2) is 5.11 Å². The molecular formula is C23H23N5O3S. The Bertz CT molecular complexity index is 1290. The number of hydrogen-bond donors (Lipinski definition) is 4. The molecule has 9 heteroatoms. The maximum absolute atomic E-state index is 13.1. The summed E-state index contributed by atoms with van der Waals surface area (Å²) >= 11 is 5.25. The minimum absolute atomic E-state index is 0.174. The molecule has 1 aliphatic carbocycles. The molecule has 2 aromatic carbocycles. The van der Waals surface area contributed by atoms with Gasteiger partial charge in [0.1, 0.15) is 0 Å². The summed E-state index contributed by atoms with van der Waals surface area (Å²) < 4.78 is 1.54. The number of aryl methyl sites for hydroxylation is 3. The van der Waals surface area contributed by atoms with Crippen LogP contribution in [0.3, 0.4) is 0 Å². The number of hydrogen-bond acceptors (Lipinski definition) is 4. The van der Waals surface area contributed by atoms with E-state index in [-0.39, 0.29) is 16.2 Å². The molecule has 164 valence electrons. The van der Waals surface area contributed by atoms with E-state index in [1.807, 2.05) is 13.0 Å². The van der Waals surface area contributed by atoms with Gasteiger partial charge in [0, 0.05) is 11.4 Å². The molecule has 0 aliphatic heterocycles. The summed E-state index contributed by atoms with van der Waals surface area (Å²) in [5.74, 6) is -0.995. The molecule has 0 spiro atoms. The highest BCUT2D eigenvalue weighted by atomic mass is 32.1. The fourth-order valence-electron chi connectivity index (χ4n) is 3.90. The minimum Gasteiger partial charge on any atom is -0.478 e. The second-order valence-corrected chi connectivity index (χ2v) is 8.11. The summed E-state index contributed by atoms with van der Waals surface area (Å²) in [5, 5.41) is 19.5. The lowest BCUT2D eigenvalue weighted by atomic mass is 10.1. The second kappa shape index (κ2) is 8.80. The highest BCUT2D eigenvalue weighted by molar-refractivity contribution is 7.80. The molecule has 3 aromatic rings. The standard InChI is InChI=1S/C23H23N5O3S/c1-13(25-26-23(32)24-18-9-6-16(7-10-18)22(30)31)20-14(2)27-28(21(20)29)19-11-8-15-4-3-5-17(15)12-19/h6-12,27H,3-5H2,1-2H3,(H,30,31)(H2,24,26,32)/b25-13+. The number of carboxylic acids is 1. The number of carboxylic acid groups (broad SMARTS) is 1. The monoisotopic (exact) mass is 449 g/mol. The number of thiocarbonyl (C=S) groups is 1. The first-order chi connectivity index (χ1) is 15.3. The number of aromatic carboxylic acids is 1.